The first kappa shape index (κ1) is 23.4. The average Bonchev–Trinajstić information content (AvgIpc) is 2.86. The van der Waals surface area contributed by atoms with Crippen molar-refractivity contribution in [1.29, 1.82) is 0 Å². The lowest BCUT2D eigenvalue weighted by molar-refractivity contribution is -0.127. The first-order valence-electron chi connectivity index (χ1n) is 10.8. The van der Waals surface area contributed by atoms with Gasteiger partial charge in [-0.25, -0.2) is 8.42 Å². The molecule has 8 nitrogen and oxygen atoms in total. The number of para-hydroxylation sites is 1. The van der Waals surface area contributed by atoms with E-state index in [-0.39, 0.29) is 24.6 Å². The molecule has 3 aromatic rings. The van der Waals surface area contributed by atoms with Gasteiger partial charge >= 0.3 is 0 Å². The number of hydrogen-bond donors (Lipinski definition) is 1. The van der Waals surface area contributed by atoms with Crippen molar-refractivity contribution < 1.29 is 27.4 Å². The number of methoxy groups -OCH3 is 1. The van der Waals surface area contributed by atoms with E-state index in [9.17, 15) is 13.2 Å². The Bertz CT molecular complexity index is 1250. The highest BCUT2D eigenvalue weighted by Crippen LogP contribution is 2.38. The number of sulfonamides is 1. The number of ether oxygens (including phenoxy) is 3. The summed E-state index contributed by atoms with van der Waals surface area (Å²) in [5.41, 5.74) is 1.27. The third-order valence-electron chi connectivity index (χ3n) is 5.34. The van der Waals surface area contributed by atoms with Crippen LogP contribution in [-0.4, -0.2) is 47.2 Å². The summed E-state index contributed by atoms with van der Waals surface area (Å²) in [6, 6.07) is 20.6. The van der Waals surface area contributed by atoms with Crippen molar-refractivity contribution in [3.63, 3.8) is 0 Å². The van der Waals surface area contributed by atoms with E-state index < -0.39 is 22.0 Å². The molecule has 34 heavy (non-hydrogen) atoms. The molecule has 1 unspecified atom stereocenters. The van der Waals surface area contributed by atoms with Gasteiger partial charge in [0.1, 0.15) is 23.9 Å². The van der Waals surface area contributed by atoms with Crippen LogP contribution in [0.15, 0.2) is 77.7 Å². The Morgan fingerprint density at radius 2 is 1.79 bits per heavy atom. The minimum absolute atomic E-state index is 0.0954. The zero-order valence-electron chi connectivity index (χ0n) is 18.9. The van der Waals surface area contributed by atoms with E-state index in [1.807, 2.05) is 43.3 Å². The second-order valence-electron chi connectivity index (χ2n) is 7.74. The van der Waals surface area contributed by atoms with Crippen LogP contribution in [0.3, 0.4) is 0 Å². The lowest BCUT2D eigenvalue weighted by atomic mass is 10.1. The van der Waals surface area contributed by atoms with Gasteiger partial charge in [-0.05, 0) is 61.0 Å². The number of carbonyl (C=O) groups excluding carboxylic acids is 1. The van der Waals surface area contributed by atoms with Crippen molar-refractivity contribution in [3.8, 4) is 17.2 Å². The Hall–Kier alpha value is -3.72. The standard InChI is InChI=1S/C25H26N2O6S/c1-18-8-13-23-22(16-18)27(34(29,30)21-11-9-19(31-2)10-12-21)17-24(33-23)25(28)26-14-15-32-20-6-4-3-5-7-20/h3-13,16,24H,14-15,17H2,1-2H3,(H,26,28). The number of nitrogens with zero attached hydrogens (tertiary/aromatic N) is 1. The molecule has 0 radical (unpaired) electrons. The van der Waals surface area contributed by atoms with Crippen molar-refractivity contribution in [2.45, 2.75) is 17.9 Å². The molecular formula is C25H26N2O6S. The van der Waals surface area contributed by atoms with Crippen LogP contribution in [0.4, 0.5) is 5.69 Å². The molecule has 1 aliphatic heterocycles. The van der Waals surface area contributed by atoms with E-state index in [0.29, 0.717) is 22.9 Å². The van der Waals surface area contributed by atoms with Crippen molar-refractivity contribution in [2.24, 2.45) is 0 Å². The highest BCUT2D eigenvalue weighted by molar-refractivity contribution is 7.92. The highest BCUT2D eigenvalue weighted by atomic mass is 32.2. The molecule has 0 fully saturated rings. The van der Waals surface area contributed by atoms with Gasteiger partial charge in [0.2, 0.25) is 0 Å². The summed E-state index contributed by atoms with van der Waals surface area (Å²) in [6.45, 7) is 2.23. The van der Waals surface area contributed by atoms with Gasteiger partial charge in [-0.15, -0.1) is 0 Å². The maximum atomic E-state index is 13.5. The van der Waals surface area contributed by atoms with E-state index in [4.69, 9.17) is 14.2 Å². The zero-order chi connectivity index (χ0) is 24.1. The summed E-state index contributed by atoms with van der Waals surface area (Å²) in [5, 5.41) is 2.76. The van der Waals surface area contributed by atoms with Crippen LogP contribution < -0.4 is 23.8 Å². The van der Waals surface area contributed by atoms with E-state index in [0.717, 1.165) is 5.56 Å². The minimum atomic E-state index is -3.95. The summed E-state index contributed by atoms with van der Waals surface area (Å²) in [6.07, 6.45) is -1.01. The number of hydrogen-bond acceptors (Lipinski definition) is 6. The van der Waals surface area contributed by atoms with Crippen LogP contribution >= 0.6 is 0 Å². The Labute approximate surface area is 199 Å². The van der Waals surface area contributed by atoms with E-state index >= 15 is 0 Å². The van der Waals surface area contributed by atoms with Gasteiger partial charge in [-0.3, -0.25) is 9.10 Å². The molecule has 1 amide bonds. The topological polar surface area (TPSA) is 94.2 Å². The maximum absolute atomic E-state index is 13.5. The zero-order valence-corrected chi connectivity index (χ0v) is 19.7. The number of fused-ring (bicyclic) bond motifs is 1. The molecule has 3 aromatic carbocycles. The normalized spacial score (nSPS) is 15.1. The predicted molar refractivity (Wildman–Crippen MR) is 128 cm³/mol. The average molecular weight is 483 g/mol. The van der Waals surface area contributed by atoms with Crippen LogP contribution in [0.2, 0.25) is 0 Å². The smallest absolute Gasteiger partial charge is 0.264 e. The quantitative estimate of drug-likeness (QED) is 0.496. The molecule has 178 valence electrons. The number of rotatable bonds is 8. The monoisotopic (exact) mass is 482 g/mol. The summed E-state index contributed by atoms with van der Waals surface area (Å²) in [5.74, 6) is 1.16. The Balaban J connectivity index is 1.51. The Kier molecular flexibility index (Phi) is 6.93. The van der Waals surface area contributed by atoms with Gasteiger partial charge < -0.3 is 19.5 Å². The van der Waals surface area contributed by atoms with E-state index in [1.54, 1.807) is 24.3 Å². The number of anilines is 1. The SMILES string of the molecule is COc1ccc(S(=O)(=O)N2CC(C(=O)NCCOc3ccccc3)Oc3ccc(C)cc32)cc1. The van der Waals surface area contributed by atoms with Crippen LogP contribution in [-0.2, 0) is 14.8 Å². The van der Waals surface area contributed by atoms with Crippen molar-refractivity contribution >= 4 is 21.6 Å². The molecule has 0 saturated heterocycles. The molecule has 0 aromatic heterocycles. The number of aryl methyl sites for hydroxylation is 1. The lowest BCUT2D eigenvalue weighted by Gasteiger charge is -2.35. The fourth-order valence-corrected chi connectivity index (χ4v) is 5.04. The molecule has 1 heterocycles. The van der Waals surface area contributed by atoms with Gasteiger partial charge in [0, 0.05) is 0 Å². The molecule has 0 spiro atoms. The number of carbonyl (C=O) groups is 1. The van der Waals surface area contributed by atoms with Crippen molar-refractivity contribution in [1.82, 2.24) is 5.32 Å². The van der Waals surface area contributed by atoms with E-state index in [1.165, 1.54) is 23.5 Å². The predicted octanol–water partition coefficient (Wildman–Crippen LogP) is 3.16. The van der Waals surface area contributed by atoms with Gasteiger partial charge in [0.25, 0.3) is 15.9 Å². The van der Waals surface area contributed by atoms with Gasteiger partial charge in [-0.2, -0.15) is 0 Å². The summed E-state index contributed by atoms with van der Waals surface area (Å²) in [7, 11) is -2.44. The van der Waals surface area contributed by atoms with Crippen molar-refractivity contribution in [2.75, 3.05) is 31.1 Å². The second-order valence-corrected chi connectivity index (χ2v) is 9.60. The largest absolute Gasteiger partial charge is 0.497 e. The molecule has 4 rings (SSSR count). The van der Waals surface area contributed by atoms with Gasteiger partial charge in [-0.1, -0.05) is 24.3 Å². The first-order valence-corrected chi connectivity index (χ1v) is 12.2. The number of nitrogens with one attached hydrogen (secondary N) is 1. The fraction of sp³-hybridized carbons (Fsp3) is 0.240. The molecule has 0 aliphatic carbocycles. The highest BCUT2D eigenvalue weighted by Gasteiger charge is 2.37. The van der Waals surface area contributed by atoms with Crippen LogP contribution in [0.25, 0.3) is 0 Å². The van der Waals surface area contributed by atoms with E-state index in [2.05, 4.69) is 5.32 Å². The molecule has 1 N–H and O–H groups in total. The van der Waals surface area contributed by atoms with Gasteiger partial charge in [0.05, 0.1) is 30.8 Å². The third kappa shape index (κ3) is 5.09. The van der Waals surface area contributed by atoms with Gasteiger partial charge in [0.15, 0.2) is 6.10 Å². The fourth-order valence-electron chi connectivity index (χ4n) is 3.57. The second kappa shape index (κ2) is 10.0. The summed E-state index contributed by atoms with van der Waals surface area (Å²) in [4.78, 5) is 12.9. The summed E-state index contributed by atoms with van der Waals surface area (Å²) < 4.78 is 44.9. The number of benzene rings is 3. The summed E-state index contributed by atoms with van der Waals surface area (Å²) >= 11 is 0. The van der Waals surface area contributed by atoms with Crippen molar-refractivity contribution in [3.05, 3.63) is 78.4 Å². The van der Waals surface area contributed by atoms with Crippen LogP contribution in [0.5, 0.6) is 17.2 Å². The Morgan fingerprint density at radius 3 is 2.50 bits per heavy atom. The lowest BCUT2D eigenvalue weighted by Crippen LogP contribution is -2.51. The molecule has 1 atom stereocenters. The third-order valence-corrected chi connectivity index (χ3v) is 7.13. The maximum Gasteiger partial charge on any atom is 0.264 e. The molecule has 1 aliphatic rings. The molecular weight excluding hydrogens is 456 g/mol. The molecule has 9 heteroatoms. The van der Waals surface area contributed by atoms with Crippen LogP contribution in [0.1, 0.15) is 5.56 Å². The minimum Gasteiger partial charge on any atom is -0.497 e. The molecule has 0 bridgehead atoms. The Morgan fingerprint density at radius 1 is 1.06 bits per heavy atom. The van der Waals surface area contributed by atoms with Crippen LogP contribution in [0, 0.1) is 6.92 Å². The number of amides is 1. The molecule has 0 saturated carbocycles. The first-order chi connectivity index (χ1) is 16.4.